The van der Waals surface area contributed by atoms with Gasteiger partial charge in [0.2, 0.25) is 5.91 Å². The van der Waals surface area contributed by atoms with Crippen LogP contribution < -0.4 is 23.8 Å². The number of rotatable bonds is 10. The summed E-state index contributed by atoms with van der Waals surface area (Å²) in [6, 6.07) is 22.4. The van der Waals surface area contributed by atoms with Crippen molar-refractivity contribution in [1.29, 1.82) is 0 Å². The van der Waals surface area contributed by atoms with Crippen molar-refractivity contribution in [3.05, 3.63) is 89.4 Å². The van der Waals surface area contributed by atoms with Crippen LogP contribution >= 0.6 is 11.6 Å². The minimum atomic E-state index is -4.28. The molecule has 4 aromatic carbocycles. The molecule has 0 bridgehead atoms. The van der Waals surface area contributed by atoms with Crippen molar-refractivity contribution >= 4 is 44.0 Å². The van der Waals surface area contributed by atoms with Crippen molar-refractivity contribution in [1.82, 2.24) is 5.32 Å². The number of amides is 1. The Morgan fingerprint density at radius 3 is 2.26 bits per heavy atom. The van der Waals surface area contributed by atoms with Crippen LogP contribution in [0.25, 0.3) is 10.8 Å². The maximum absolute atomic E-state index is 13.9. The third kappa shape index (κ3) is 5.64. The van der Waals surface area contributed by atoms with Gasteiger partial charge in [-0.2, -0.15) is 0 Å². The summed E-state index contributed by atoms with van der Waals surface area (Å²) in [7, 11) is -0.000902. The predicted octanol–water partition coefficient (Wildman–Crippen LogP) is 5.03. The Labute approximate surface area is 226 Å². The molecule has 198 valence electrons. The average Bonchev–Trinajstić information content (AvgIpc) is 2.94. The molecule has 0 saturated carbocycles. The van der Waals surface area contributed by atoms with E-state index in [1.165, 1.54) is 45.6 Å². The van der Waals surface area contributed by atoms with Crippen LogP contribution in [-0.4, -0.2) is 42.2 Å². The standard InChI is InChI=1S/C28H27ClN2O6S/c1-35-25-13-11-21(29)15-24(25)31(38(33,34)22-12-14-26(36-2)27(16-22)37-3)18-28(32)30-17-20-9-6-8-19-7-4-5-10-23(19)20/h4-16H,17-18H2,1-3H3,(H,30,32). The van der Waals surface area contributed by atoms with Crippen LogP contribution in [0.2, 0.25) is 5.02 Å². The Hall–Kier alpha value is -3.95. The highest BCUT2D eigenvalue weighted by molar-refractivity contribution is 7.92. The lowest BCUT2D eigenvalue weighted by Crippen LogP contribution is -2.41. The number of nitrogens with one attached hydrogen (secondary N) is 1. The minimum absolute atomic E-state index is 0.0981. The number of ether oxygens (including phenoxy) is 3. The monoisotopic (exact) mass is 554 g/mol. The summed E-state index contributed by atoms with van der Waals surface area (Å²) < 4.78 is 44.7. The van der Waals surface area contributed by atoms with E-state index < -0.39 is 22.5 Å². The lowest BCUT2D eigenvalue weighted by Gasteiger charge is -2.26. The molecule has 4 rings (SSSR count). The van der Waals surface area contributed by atoms with E-state index in [-0.39, 0.29) is 33.6 Å². The first-order valence-electron chi connectivity index (χ1n) is 11.6. The maximum atomic E-state index is 13.9. The third-order valence-electron chi connectivity index (χ3n) is 6.00. The number of fused-ring (bicyclic) bond motifs is 1. The first kappa shape index (κ1) is 27.1. The second kappa shape index (κ2) is 11.6. The summed E-state index contributed by atoms with van der Waals surface area (Å²) in [6.07, 6.45) is 0. The molecule has 0 aliphatic heterocycles. The van der Waals surface area contributed by atoms with Gasteiger partial charge in [-0.25, -0.2) is 8.42 Å². The first-order valence-corrected chi connectivity index (χ1v) is 13.4. The second-order valence-electron chi connectivity index (χ2n) is 8.26. The summed E-state index contributed by atoms with van der Waals surface area (Å²) in [6.45, 7) is -0.296. The largest absolute Gasteiger partial charge is 0.495 e. The normalized spacial score (nSPS) is 11.2. The number of nitrogens with zero attached hydrogens (tertiary/aromatic N) is 1. The number of benzene rings is 4. The molecule has 0 atom stereocenters. The Morgan fingerprint density at radius 2 is 1.53 bits per heavy atom. The fraction of sp³-hybridized carbons (Fsp3) is 0.179. The molecule has 8 nitrogen and oxygen atoms in total. The number of carbonyl (C=O) groups excluding carboxylic acids is 1. The second-order valence-corrected chi connectivity index (χ2v) is 10.6. The van der Waals surface area contributed by atoms with Gasteiger partial charge in [0.25, 0.3) is 10.0 Å². The zero-order valence-corrected chi connectivity index (χ0v) is 22.7. The number of methoxy groups -OCH3 is 3. The molecule has 0 aromatic heterocycles. The van der Waals surface area contributed by atoms with Gasteiger partial charge in [-0.3, -0.25) is 9.10 Å². The smallest absolute Gasteiger partial charge is 0.265 e. The zero-order chi connectivity index (χ0) is 27.3. The molecular weight excluding hydrogens is 528 g/mol. The lowest BCUT2D eigenvalue weighted by molar-refractivity contribution is -0.119. The van der Waals surface area contributed by atoms with E-state index >= 15 is 0 Å². The quantitative estimate of drug-likeness (QED) is 0.295. The summed E-state index contributed by atoms with van der Waals surface area (Å²) in [5, 5.41) is 5.17. The Bertz CT molecular complexity index is 1570. The van der Waals surface area contributed by atoms with E-state index in [4.69, 9.17) is 25.8 Å². The van der Waals surface area contributed by atoms with Gasteiger partial charge in [-0.05, 0) is 46.7 Å². The van der Waals surface area contributed by atoms with Crippen molar-refractivity contribution in [2.75, 3.05) is 32.2 Å². The van der Waals surface area contributed by atoms with Crippen LogP contribution in [0.15, 0.2) is 83.8 Å². The van der Waals surface area contributed by atoms with Gasteiger partial charge in [0.05, 0.1) is 31.9 Å². The van der Waals surface area contributed by atoms with Gasteiger partial charge < -0.3 is 19.5 Å². The molecule has 0 radical (unpaired) electrons. The van der Waals surface area contributed by atoms with E-state index in [1.807, 2.05) is 42.5 Å². The van der Waals surface area contributed by atoms with Gasteiger partial charge in [0.15, 0.2) is 11.5 Å². The molecule has 0 aliphatic rings. The van der Waals surface area contributed by atoms with Crippen LogP contribution in [0.1, 0.15) is 5.56 Å². The molecule has 10 heteroatoms. The van der Waals surface area contributed by atoms with Crippen LogP contribution in [0, 0.1) is 0 Å². The molecule has 0 spiro atoms. The number of sulfonamides is 1. The number of hydrogen-bond donors (Lipinski definition) is 1. The lowest BCUT2D eigenvalue weighted by atomic mass is 10.0. The molecule has 0 fully saturated rings. The van der Waals surface area contributed by atoms with Crippen molar-refractivity contribution < 1.29 is 27.4 Å². The van der Waals surface area contributed by atoms with E-state index in [0.717, 1.165) is 20.6 Å². The zero-order valence-electron chi connectivity index (χ0n) is 21.1. The maximum Gasteiger partial charge on any atom is 0.265 e. The minimum Gasteiger partial charge on any atom is -0.495 e. The van der Waals surface area contributed by atoms with Gasteiger partial charge >= 0.3 is 0 Å². The van der Waals surface area contributed by atoms with Crippen LogP contribution in [0.3, 0.4) is 0 Å². The van der Waals surface area contributed by atoms with E-state index in [9.17, 15) is 13.2 Å². The SMILES string of the molecule is COc1ccc(S(=O)(=O)N(CC(=O)NCc2cccc3ccccc23)c2cc(Cl)ccc2OC)cc1OC. The summed E-state index contributed by atoms with van der Waals surface area (Å²) >= 11 is 6.22. The number of halogens is 1. The van der Waals surface area contributed by atoms with Crippen molar-refractivity contribution in [2.24, 2.45) is 0 Å². The van der Waals surface area contributed by atoms with Gasteiger partial charge in [0, 0.05) is 17.6 Å². The van der Waals surface area contributed by atoms with Gasteiger partial charge in [0.1, 0.15) is 12.3 Å². The van der Waals surface area contributed by atoms with E-state index in [2.05, 4.69) is 5.32 Å². The summed E-state index contributed by atoms with van der Waals surface area (Å²) in [5.41, 5.74) is 1.03. The van der Waals surface area contributed by atoms with Crippen molar-refractivity contribution in [3.63, 3.8) is 0 Å². The molecule has 0 saturated heterocycles. The molecule has 38 heavy (non-hydrogen) atoms. The van der Waals surface area contributed by atoms with Crippen LogP contribution in [-0.2, 0) is 21.4 Å². The molecular formula is C28H27ClN2O6S. The number of anilines is 1. The summed E-state index contributed by atoms with van der Waals surface area (Å²) in [5.74, 6) is 0.322. The third-order valence-corrected chi connectivity index (χ3v) is 7.99. The number of hydrogen-bond acceptors (Lipinski definition) is 6. The van der Waals surface area contributed by atoms with Crippen LogP contribution in [0.5, 0.6) is 17.2 Å². The fourth-order valence-electron chi connectivity index (χ4n) is 4.09. The van der Waals surface area contributed by atoms with E-state index in [1.54, 1.807) is 12.1 Å². The number of carbonyl (C=O) groups is 1. The first-order chi connectivity index (χ1) is 18.3. The fourth-order valence-corrected chi connectivity index (χ4v) is 5.69. The Balaban J connectivity index is 1.69. The topological polar surface area (TPSA) is 94.2 Å². The highest BCUT2D eigenvalue weighted by atomic mass is 35.5. The van der Waals surface area contributed by atoms with E-state index in [0.29, 0.717) is 5.75 Å². The van der Waals surface area contributed by atoms with Gasteiger partial charge in [-0.15, -0.1) is 0 Å². The Kier molecular flexibility index (Phi) is 8.29. The van der Waals surface area contributed by atoms with Gasteiger partial charge in [-0.1, -0.05) is 54.1 Å². The molecule has 1 amide bonds. The Morgan fingerprint density at radius 1 is 0.842 bits per heavy atom. The average molecular weight is 555 g/mol. The summed E-state index contributed by atoms with van der Waals surface area (Å²) in [4.78, 5) is 13.1. The predicted molar refractivity (Wildman–Crippen MR) is 148 cm³/mol. The van der Waals surface area contributed by atoms with Crippen LogP contribution in [0.4, 0.5) is 5.69 Å². The van der Waals surface area contributed by atoms with Crippen molar-refractivity contribution in [3.8, 4) is 17.2 Å². The molecule has 0 unspecified atom stereocenters. The molecule has 4 aromatic rings. The molecule has 0 heterocycles. The molecule has 1 N–H and O–H groups in total. The molecule has 0 aliphatic carbocycles. The van der Waals surface area contributed by atoms with Crippen molar-refractivity contribution in [2.45, 2.75) is 11.4 Å². The highest BCUT2D eigenvalue weighted by Gasteiger charge is 2.30. The highest BCUT2D eigenvalue weighted by Crippen LogP contribution is 2.37.